The van der Waals surface area contributed by atoms with Gasteiger partial charge in [-0.2, -0.15) is 0 Å². The topological polar surface area (TPSA) is 71.1 Å². The van der Waals surface area contributed by atoms with E-state index in [1.54, 1.807) is 18.2 Å². The number of nitrogens with one attached hydrogen (secondary N) is 2. The molecule has 0 aliphatic carbocycles. The van der Waals surface area contributed by atoms with Gasteiger partial charge < -0.3 is 10.6 Å². The van der Waals surface area contributed by atoms with E-state index in [1.165, 1.54) is 0 Å². The van der Waals surface area contributed by atoms with Crippen molar-refractivity contribution in [1.29, 1.82) is 0 Å². The van der Waals surface area contributed by atoms with E-state index in [1.807, 2.05) is 63.2 Å². The molecule has 28 heavy (non-hydrogen) atoms. The van der Waals surface area contributed by atoms with Crippen LogP contribution in [-0.4, -0.2) is 16.8 Å². The quantitative estimate of drug-likeness (QED) is 0.704. The summed E-state index contributed by atoms with van der Waals surface area (Å²) in [6.45, 7) is 6.34. The fraction of sp³-hybridized carbons (Fsp3) is 0.174. The van der Waals surface area contributed by atoms with Gasteiger partial charge in [0, 0.05) is 12.2 Å². The van der Waals surface area contributed by atoms with Crippen molar-refractivity contribution in [3.63, 3.8) is 0 Å². The molecule has 1 heterocycles. The summed E-state index contributed by atoms with van der Waals surface area (Å²) in [6.07, 6.45) is 0. The van der Waals surface area contributed by atoms with Gasteiger partial charge in [0.15, 0.2) is 0 Å². The predicted molar refractivity (Wildman–Crippen MR) is 110 cm³/mol. The molecule has 0 fully saturated rings. The number of hydrogen-bond donors (Lipinski definition) is 2. The van der Waals surface area contributed by atoms with Crippen molar-refractivity contribution in [2.24, 2.45) is 0 Å². The summed E-state index contributed by atoms with van der Waals surface area (Å²) < 4.78 is 0. The molecule has 0 aliphatic rings. The Kier molecular flexibility index (Phi) is 5.84. The molecule has 1 aromatic heterocycles. The summed E-state index contributed by atoms with van der Waals surface area (Å²) in [5.74, 6) is -0.662. The monoisotopic (exact) mass is 373 g/mol. The fourth-order valence-electron chi connectivity index (χ4n) is 2.90. The molecular weight excluding hydrogens is 350 g/mol. The molecule has 0 aliphatic heterocycles. The van der Waals surface area contributed by atoms with Crippen LogP contribution in [0.1, 0.15) is 43.2 Å². The maximum Gasteiger partial charge on any atom is 0.274 e. The van der Waals surface area contributed by atoms with Gasteiger partial charge in [-0.3, -0.25) is 9.59 Å². The first-order valence-electron chi connectivity index (χ1n) is 9.12. The minimum Gasteiger partial charge on any atom is -0.347 e. The van der Waals surface area contributed by atoms with E-state index < -0.39 is 0 Å². The molecule has 142 valence electrons. The van der Waals surface area contributed by atoms with Crippen LogP contribution in [0.15, 0.2) is 60.7 Å². The van der Waals surface area contributed by atoms with E-state index in [2.05, 4.69) is 15.6 Å². The molecule has 5 nitrogen and oxygen atoms in total. The number of amides is 2. The van der Waals surface area contributed by atoms with Gasteiger partial charge in [0.05, 0.1) is 0 Å². The first-order chi connectivity index (χ1) is 13.4. The van der Waals surface area contributed by atoms with Crippen LogP contribution < -0.4 is 10.6 Å². The molecular formula is C23H23N3O2. The van der Waals surface area contributed by atoms with Gasteiger partial charge in [-0.1, -0.05) is 48.0 Å². The Bertz CT molecular complexity index is 1030. The first-order valence-corrected chi connectivity index (χ1v) is 9.12. The van der Waals surface area contributed by atoms with Gasteiger partial charge in [0.2, 0.25) is 0 Å². The largest absolute Gasteiger partial charge is 0.347 e. The van der Waals surface area contributed by atoms with E-state index in [-0.39, 0.29) is 23.2 Å². The highest BCUT2D eigenvalue weighted by Gasteiger charge is 2.13. The second kappa shape index (κ2) is 8.48. The number of hydrogen-bond acceptors (Lipinski definition) is 3. The predicted octanol–water partition coefficient (Wildman–Crippen LogP) is 4.19. The summed E-state index contributed by atoms with van der Waals surface area (Å²) in [5.41, 5.74) is 5.38. The minimum absolute atomic E-state index is 0.198. The number of benzene rings is 2. The molecule has 0 bridgehead atoms. The zero-order valence-corrected chi connectivity index (χ0v) is 16.2. The average Bonchev–Trinajstić information content (AvgIpc) is 2.69. The van der Waals surface area contributed by atoms with Crippen molar-refractivity contribution >= 4 is 17.5 Å². The van der Waals surface area contributed by atoms with Gasteiger partial charge in [0.25, 0.3) is 11.8 Å². The third-order valence-electron chi connectivity index (χ3n) is 4.55. The number of pyridine rings is 1. The van der Waals surface area contributed by atoms with Crippen LogP contribution in [-0.2, 0) is 6.54 Å². The van der Waals surface area contributed by atoms with E-state index in [0.29, 0.717) is 6.54 Å². The maximum absolute atomic E-state index is 12.5. The van der Waals surface area contributed by atoms with Crippen molar-refractivity contribution in [2.75, 3.05) is 5.32 Å². The number of anilines is 1. The van der Waals surface area contributed by atoms with Crippen LogP contribution in [0, 0.1) is 20.8 Å². The lowest BCUT2D eigenvalue weighted by atomic mass is 10.1. The molecule has 0 saturated heterocycles. The summed E-state index contributed by atoms with van der Waals surface area (Å²) >= 11 is 0. The summed E-state index contributed by atoms with van der Waals surface area (Å²) in [7, 11) is 0. The molecule has 5 heteroatoms. The molecule has 0 unspecified atom stereocenters. The molecule has 2 aromatic carbocycles. The second-order valence-corrected chi connectivity index (χ2v) is 6.79. The minimum atomic E-state index is -0.347. The van der Waals surface area contributed by atoms with E-state index in [9.17, 15) is 9.59 Å². The standard InChI is InChI=1S/C23H23N3O2/c1-15-11-12-19(17(3)13-15)26-23(28)21-10-6-9-20(25-21)22(27)24-14-18-8-5-4-7-16(18)2/h4-13H,14H2,1-3H3,(H,24,27)(H,26,28). The normalized spacial score (nSPS) is 10.4. The van der Waals surface area contributed by atoms with E-state index in [0.717, 1.165) is 27.9 Å². The molecule has 2 amide bonds. The Morgan fingerprint density at radius 1 is 0.821 bits per heavy atom. The lowest BCUT2D eigenvalue weighted by Gasteiger charge is -2.10. The van der Waals surface area contributed by atoms with Crippen molar-refractivity contribution in [3.05, 3.63) is 94.3 Å². The number of nitrogens with zero attached hydrogens (tertiary/aromatic N) is 1. The van der Waals surface area contributed by atoms with Crippen molar-refractivity contribution in [2.45, 2.75) is 27.3 Å². The molecule has 0 atom stereocenters. The van der Waals surface area contributed by atoms with Crippen LogP contribution in [0.3, 0.4) is 0 Å². The fourth-order valence-corrected chi connectivity index (χ4v) is 2.90. The molecule has 3 rings (SSSR count). The number of carbonyl (C=O) groups is 2. The van der Waals surface area contributed by atoms with Gasteiger partial charge >= 0.3 is 0 Å². The zero-order chi connectivity index (χ0) is 20.1. The van der Waals surface area contributed by atoms with Crippen molar-refractivity contribution in [1.82, 2.24) is 10.3 Å². The van der Waals surface area contributed by atoms with Crippen LogP contribution in [0.4, 0.5) is 5.69 Å². The number of carbonyl (C=O) groups excluding carboxylic acids is 2. The Balaban J connectivity index is 1.69. The highest BCUT2D eigenvalue weighted by atomic mass is 16.2. The molecule has 0 spiro atoms. The van der Waals surface area contributed by atoms with Gasteiger partial charge in [0.1, 0.15) is 11.4 Å². The van der Waals surface area contributed by atoms with Gasteiger partial charge in [-0.25, -0.2) is 4.98 Å². The van der Waals surface area contributed by atoms with Gasteiger partial charge in [-0.15, -0.1) is 0 Å². The summed E-state index contributed by atoms with van der Waals surface area (Å²) in [6, 6.07) is 18.5. The van der Waals surface area contributed by atoms with Crippen LogP contribution in [0.5, 0.6) is 0 Å². The third-order valence-corrected chi connectivity index (χ3v) is 4.55. The Morgan fingerprint density at radius 2 is 1.54 bits per heavy atom. The average molecular weight is 373 g/mol. The van der Waals surface area contributed by atoms with Crippen molar-refractivity contribution in [3.8, 4) is 0 Å². The smallest absolute Gasteiger partial charge is 0.274 e. The summed E-state index contributed by atoms with van der Waals surface area (Å²) in [5, 5.41) is 5.71. The number of rotatable bonds is 5. The van der Waals surface area contributed by atoms with Crippen molar-refractivity contribution < 1.29 is 9.59 Å². The molecule has 3 aromatic rings. The first kappa shape index (κ1) is 19.3. The lowest BCUT2D eigenvalue weighted by molar-refractivity contribution is 0.0945. The highest BCUT2D eigenvalue weighted by molar-refractivity contribution is 6.04. The maximum atomic E-state index is 12.5. The molecule has 0 radical (unpaired) electrons. The zero-order valence-electron chi connectivity index (χ0n) is 16.2. The lowest BCUT2D eigenvalue weighted by Crippen LogP contribution is -2.25. The summed E-state index contributed by atoms with van der Waals surface area (Å²) in [4.78, 5) is 29.2. The van der Waals surface area contributed by atoms with E-state index in [4.69, 9.17) is 0 Å². The van der Waals surface area contributed by atoms with Gasteiger partial charge in [-0.05, 0) is 55.7 Å². The third kappa shape index (κ3) is 4.62. The number of aryl methyl sites for hydroxylation is 3. The highest BCUT2D eigenvalue weighted by Crippen LogP contribution is 2.17. The Labute approximate surface area is 164 Å². The van der Waals surface area contributed by atoms with E-state index >= 15 is 0 Å². The molecule has 2 N–H and O–H groups in total. The molecule has 0 saturated carbocycles. The SMILES string of the molecule is Cc1ccc(NC(=O)c2cccc(C(=O)NCc3ccccc3C)n2)c(C)c1. The Hall–Kier alpha value is -3.47. The van der Waals surface area contributed by atoms with Crippen LogP contribution in [0.25, 0.3) is 0 Å². The van der Waals surface area contributed by atoms with Crippen LogP contribution >= 0.6 is 0 Å². The number of aromatic nitrogens is 1. The Morgan fingerprint density at radius 3 is 2.25 bits per heavy atom. The van der Waals surface area contributed by atoms with Crippen LogP contribution in [0.2, 0.25) is 0 Å². The second-order valence-electron chi connectivity index (χ2n) is 6.79.